The lowest BCUT2D eigenvalue weighted by Gasteiger charge is -2.32. The van der Waals surface area contributed by atoms with Crippen LogP contribution in [0.2, 0.25) is 18.6 Å². The van der Waals surface area contributed by atoms with Crippen molar-refractivity contribution in [2.75, 3.05) is 0 Å². The highest BCUT2D eigenvalue weighted by atomic mass is 28.3. The van der Waals surface area contributed by atoms with E-state index in [4.69, 9.17) is 0 Å². The molecule has 1 heterocycles. The van der Waals surface area contributed by atoms with E-state index in [1.165, 1.54) is 22.3 Å². The monoisotopic (exact) mass is 273 g/mol. The van der Waals surface area contributed by atoms with Crippen molar-refractivity contribution in [2.45, 2.75) is 46.3 Å². The van der Waals surface area contributed by atoms with Crippen molar-refractivity contribution in [3.8, 4) is 0 Å². The van der Waals surface area contributed by atoms with E-state index in [1.807, 2.05) is 12.1 Å². The maximum absolute atomic E-state index is 12.1. The smallest absolute Gasteiger partial charge is 0.247 e. The maximum Gasteiger partial charge on any atom is 0.247 e. The Bertz CT molecular complexity index is 610. The zero-order chi connectivity index (χ0) is 14.4. The molecule has 0 atom stereocenters. The van der Waals surface area contributed by atoms with Crippen molar-refractivity contribution in [1.29, 1.82) is 0 Å². The Morgan fingerprint density at radius 1 is 1.05 bits per heavy atom. The molecule has 1 aliphatic carbocycles. The van der Waals surface area contributed by atoms with Crippen LogP contribution in [0.25, 0.3) is 0 Å². The third-order valence-electron chi connectivity index (χ3n) is 4.85. The largest absolute Gasteiger partial charge is 0.329 e. The molecule has 0 amide bonds. The van der Waals surface area contributed by atoms with Gasteiger partial charge in [0.1, 0.15) is 0 Å². The Hall–Kier alpha value is -1.35. The van der Waals surface area contributed by atoms with Gasteiger partial charge in [-0.25, -0.2) is 0 Å². The van der Waals surface area contributed by atoms with E-state index >= 15 is 0 Å². The van der Waals surface area contributed by atoms with Crippen LogP contribution in [-0.2, 0) is 0 Å². The first kappa shape index (κ1) is 14.1. The summed E-state index contributed by atoms with van der Waals surface area (Å²) < 4.78 is 0. The van der Waals surface area contributed by atoms with Gasteiger partial charge in [0, 0.05) is 16.9 Å². The molecule has 19 heavy (non-hydrogen) atoms. The van der Waals surface area contributed by atoms with Gasteiger partial charge in [-0.1, -0.05) is 30.3 Å². The normalized spacial score (nSPS) is 17.6. The average molecular weight is 273 g/mol. The fourth-order valence-corrected chi connectivity index (χ4v) is 7.61. The molecule has 0 saturated carbocycles. The number of pyridine rings is 1. The number of nitrogens with one attached hydrogen (secondary N) is 1. The summed E-state index contributed by atoms with van der Waals surface area (Å²) in [6, 6.07) is 3.95. The van der Waals surface area contributed by atoms with E-state index in [9.17, 15) is 4.79 Å². The molecule has 2 nitrogen and oxygen atoms in total. The average Bonchev–Trinajstić information content (AvgIpc) is 2.54. The summed E-state index contributed by atoms with van der Waals surface area (Å²) >= 11 is 0. The number of hydrogen-bond donors (Lipinski definition) is 1. The fourth-order valence-electron chi connectivity index (χ4n) is 3.52. The van der Waals surface area contributed by atoms with Crippen LogP contribution in [0.1, 0.15) is 27.7 Å². The summed E-state index contributed by atoms with van der Waals surface area (Å²) in [7, 11) is -1.86. The van der Waals surface area contributed by atoms with Crippen LogP contribution in [0.3, 0.4) is 0 Å². The van der Waals surface area contributed by atoms with Gasteiger partial charge in [0.05, 0.1) is 8.07 Å². The van der Waals surface area contributed by atoms with Crippen molar-refractivity contribution < 1.29 is 0 Å². The molecule has 0 bridgehead atoms. The van der Waals surface area contributed by atoms with E-state index in [1.54, 1.807) is 6.20 Å². The maximum atomic E-state index is 12.1. The molecule has 1 aromatic rings. The summed E-state index contributed by atoms with van der Waals surface area (Å²) in [6.45, 7) is 13.5. The minimum atomic E-state index is -1.86. The van der Waals surface area contributed by atoms with E-state index in [-0.39, 0.29) is 5.56 Å². The molecule has 0 saturated heterocycles. The second-order valence-corrected chi connectivity index (χ2v) is 10.7. The van der Waals surface area contributed by atoms with E-state index in [0.717, 1.165) is 5.19 Å². The summed E-state index contributed by atoms with van der Waals surface area (Å²) in [5.41, 5.74) is 6.27. The van der Waals surface area contributed by atoms with Gasteiger partial charge in [0.25, 0.3) is 0 Å². The number of rotatable bonds is 2. The van der Waals surface area contributed by atoms with Crippen LogP contribution in [0.4, 0.5) is 0 Å². The van der Waals surface area contributed by atoms with Crippen molar-refractivity contribution in [3.63, 3.8) is 0 Å². The third-order valence-corrected chi connectivity index (χ3v) is 8.94. The van der Waals surface area contributed by atoms with Crippen LogP contribution in [0.15, 0.2) is 45.4 Å². The Morgan fingerprint density at radius 3 is 2.05 bits per heavy atom. The van der Waals surface area contributed by atoms with Crippen LogP contribution in [-0.4, -0.2) is 13.1 Å². The highest BCUT2D eigenvalue weighted by molar-refractivity contribution is 6.92. The van der Waals surface area contributed by atoms with Gasteiger partial charge in [0.15, 0.2) is 0 Å². The standard InChI is InChI=1S/C16H23NOSi/c1-10-11(2)13(4)15(12(10)3)19(5,6)14-8-7-9-17-16(14)18/h7-9,15H,1-6H3,(H,17,18). The lowest BCUT2D eigenvalue weighted by molar-refractivity contribution is 1.07. The molecular formula is C16H23NOSi. The molecule has 1 aromatic heterocycles. The first-order valence-corrected chi connectivity index (χ1v) is 9.89. The Balaban J connectivity index is 2.60. The fraction of sp³-hybridized carbons (Fsp3) is 0.438. The number of hydrogen-bond acceptors (Lipinski definition) is 1. The van der Waals surface area contributed by atoms with Crippen molar-refractivity contribution in [2.24, 2.45) is 0 Å². The van der Waals surface area contributed by atoms with E-state index in [0.29, 0.717) is 5.54 Å². The predicted molar refractivity (Wildman–Crippen MR) is 84.7 cm³/mol. The number of H-pyrrole nitrogens is 1. The van der Waals surface area contributed by atoms with Gasteiger partial charge in [-0.2, -0.15) is 0 Å². The van der Waals surface area contributed by atoms with Gasteiger partial charge in [-0.15, -0.1) is 0 Å². The van der Waals surface area contributed by atoms with Crippen LogP contribution >= 0.6 is 0 Å². The Kier molecular flexibility index (Phi) is 3.43. The summed E-state index contributed by atoms with van der Waals surface area (Å²) in [4.78, 5) is 15.0. The number of allylic oxidation sites excluding steroid dienone is 4. The molecule has 3 heteroatoms. The Labute approximate surface area is 116 Å². The second kappa shape index (κ2) is 4.64. The van der Waals surface area contributed by atoms with Gasteiger partial charge in [0.2, 0.25) is 5.56 Å². The summed E-state index contributed by atoms with van der Waals surface area (Å²) in [5.74, 6) is 0. The molecule has 102 valence electrons. The van der Waals surface area contributed by atoms with E-state index in [2.05, 4.69) is 45.8 Å². The van der Waals surface area contributed by atoms with Gasteiger partial charge < -0.3 is 4.98 Å². The highest BCUT2D eigenvalue weighted by Crippen LogP contribution is 2.45. The van der Waals surface area contributed by atoms with Crippen molar-refractivity contribution in [3.05, 3.63) is 51.0 Å². The predicted octanol–water partition coefficient (Wildman–Crippen LogP) is 3.35. The zero-order valence-electron chi connectivity index (χ0n) is 12.7. The molecule has 0 spiro atoms. The van der Waals surface area contributed by atoms with Crippen LogP contribution in [0, 0.1) is 0 Å². The second-order valence-electron chi connectivity index (χ2n) is 6.18. The van der Waals surface area contributed by atoms with Gasteiger partial charge in [-0.05, 0) is 44.9 Å². The molecule has 0 unspecified atom stereocenters. The van der Waals surface area contributed by atoms with Crippen molar-refractivity contribution in [1.82, 2.24) is 4.98 Å². The molecule has 0 fully saturated rings. The topological polar surface area (TPSA) is 32.9 Å². The summed E-state index contributed by atoms with van der Waals surface area (Å²) in [6.07, 6.45) is 1.72. The lowest BCUT2D eigenvalue weighted by Crippen LogP contribution is -2.53. The first-order valence-electron chi connectivity index (χ1n) is 6.81. The Morgan fingerprint density at radius 2 is 1.58 bits per heavy atom. The number of aromatic nitrogens is 1. The molecule has 2 rings (SSSR count). The molecule has 0 aromatic carbocycles. The van der Waals surface area contributed by atoms with Crippen LogP contribution in [0.5, 0.6) is 0 Å². The first-order chi connectivity index (χ1) is 8.78. The molecule has 1 aliphatic rings. The number of aromatic amines is 1. The molecule has 0 aliphatic heterocycles. The highest BCUT2D eigenvalue weighted by Gasteiger charge is 2.41. The summed E-state index contributed by atoms with van der Waals surface area (Å²) in [5, 5.41) is 1.00. The molecule has 1 N–H and O–H groups in total. The quantitative estimate of drug-likeness (QED) is 0.824. The lowest BCUT2D eigenvalue weighted by atomic mass is 10.1. The van der Waals surface area contributed by atoms with E-state index < -0.39 is 8.07 Å². The molecular weight excluding hydrogens is 250 g/mol. The third kappa shape index (κ3) is 2.06. The van der Waals surface area contributed by atoms with Gasteiger partial charge in [-0.3, -0.25) is 4.79 Å². The van der Waals surface area contributed by atoms with Crippen molar-refractivity contribution >= 4 is 13.3 Å². The molecule has 0 radical (unpaired) electrons. The zero-order valence-corrected chi connectivity index (χ0v) is 13.7. The SMILES string of the molecule is CC1=C(C)C([Si](C)(C)c2ccc[nH]c2=O)C(C)=C1C. The van der Waals surface area contributed by atoms with Crippen LogP contribution < -0.4 is 10.7 Å². The van der Waals surface area contributed by atoms with Gasteiger partial charge >= 0.3 is 0 Å². The minimum Gasteiger partial charge on any atom is -0.329 e. The minimum absolute atomic E-state index is 0.0852.